The van der Waals surface area contributed by atoms with Crippen LogP contribution in [0.2, 0.25) is 0 Å². The quantitative estimate of drug-likeness (QED) is 0.720. The van der Waals surface area contributed by atoms with Gasteiger partial charge in [0, 0.05) is 38.8 Å². The van der Waals surface area contributed by atoms with Crippen molar-refractivity contribution in [3.63, 3.8) is 0 Å². The van der Waals surface area contributed by atoms with E-state index in [-0.39, 0.29) is 11.7 Å². The Labute approximate surface area is 157 Å². The molecule has 7 heteroatoms. The lowest BCUT2D eigenvalue weighted by Gasteiger charge is -2.27. The Kier molecular flexibility index (Phi) is 11.0. The van der Waals surface area contributed by atoms with Gasteiger partial charge in [-0.1, -0.05) is 27.7 Å². The number of rotatable bonds is 9. The van der Waals surface area contributed by atoms with E-state index in [1.165, 1.54) is 0 Å². The third kappa shape index (κ3) is 6.96. The van der Waals surface area contributed by atoms with E-state index in [1.807, 2.05) is 18.7 Å². The molecule has 26 heavy (non-hydrogen) atoms. The van der Waals surface area contributed by atoms with E-state index in [0.29, 0.717) is 12.3 Å². The summed E-state index contributed by atoms with van der Waals surface area (Å²) >= 11 is 0. The van der Waals surface area contributed by atoms with Crippen molar-refractivity contribution in [1.82, 2.24) is 9.88 Å². The van der Waals surface area contributed by atoms with Gasteiger partial charge >= 0.3 is 0 Å². The topological polar surface area (TPSA) is 63.8 Å². The van der Waals surface area contributed by atoms with Gasteiger partial charge in [0.1, 0.15) is 12.4 Å². The molecule has 0 atom stereocenters. The summed E-state index contributed by atoms with van der Waals surface area (Å²) in [6.45, 7) is 14.0. The van der Waals surface area contributed by atoms with Gasteiger partial charge in [0.25, 0.3) is 5.88 Å². The Bertz CT molecular complexity index is 505. The van der Waals surface area contributed by atoms with Gasteiger partial charge in [-0.2, -0.15) is 9.37 Å². The number of hydrogen-bond acceptors (Lipinski definition) is 6. The maximum absolute atomic E-state index is 14.8. The second-order valence-corrected chi connectivity index (χ2v) is 5.97. The minimum Gasteiger partial charge on any atom is -0.474 e. The van der Waals surface area contributed by atoms with Crippen LogP contribution in [0.5, 0.6) is 5.88 Å². The number of halogens is 1. The molecular formula is C19H35FN4O2. The second-order valence-electron chi connectivity index (χ2n) is 5.97. The maximum atomic E-state index is 14.8. The Morgan fingerprint density at radius 1 is 1.23 bits per heavy atom. The van der Waals surface area contributed by atoms with Crippen LogP contribution in [0, 0.1) is 5.82 Å². The minimum absolute atomic E-state index is 0.00420. The van der Waals surface area contributed by atoms with Gasteiger partial charge in [0.05, 0.1) is 18.9 Å². The highest BCUT2D eigenvalue weighted by Gasteiger charge is 2.18. The zero-order chi connectivity index (χ0) is 19.4. The van der Waals surface area contributed by atoms with Crippen LogP contribution in [0.4, 0.5) is 15.9 Å². The summed E-state index contributed by atoms with van der Waals surface area (Å²) in [4.78, 5) is 8.26. The smallest absolute Gasteiger partial charge is 0.254 e. The monoisotopic (exact) mass is 370 g/mol. The summed E-state index contributed by atoms with van der Waals surface area (Å²) in [5.41, 5.74) is 6.34. The first-order valence-electron chi connectivity index (χ1n) is 9.79. The highest BCUT2D eigenvalue weighted by molar-refractivity contribution is 5.56. The fraction of sp³-hybridized carbons (Fsp3) is 0.737. The van der Waals surface area contributed by atoms with Gasteiger partial charge in [-0.15, -0.1) is 0 Å². The molecule has 1 aliphatic rings. The Morgan fingerprint density at radius 2 is 1.85 bits per heavy atom. The molecule has 0 radical (unpaired) electrons. The number of nitrogens with two attached hydrogens (primary N) is 1. The Balaban J connectivity index is 0.00000163. The van der Waals surface area contributed by atoms with Crippen molar-refractivity contribution in [2.45, 2.75) is 40.5 Å². The largest absolute Gasteiger partial charge is 0.474 e. The molecule has 6 nitrogen and oxygen atoms in total. The summed E-state index contributed by atoms with van der Waals surface area (Å²) in [5, 5.41) is 0. The molecular weight excluding hydrogens is 335 g/mol. The summed E-state index contributed by atoms with van der Waals surface area (Å²) in [6, 6.07) is 1.59. The molecule has 1 aromatic heterocycles. The Hall–Kier alpha value is -1.60. The van der Waals surface area contributed by atoms with Crippen LogP contribution < -0.4 is 15.4 Å². The van der Waals surface area contributed by atoms with Crippen molar-refractivity contribution in [2.75, 3.05) is 63.2 Å². The fourth-order valence-electron chi connectivity index (χ4n) is 2.83. The molecule has 0 unspecified atom stereocenters. The van der Waals surface area contributed by atoms with E-state index < -0.39 is 5.82 Å². The number of morpholine rings is 1. The first-order valence-corrected chi connectivity index (χ1v) is 9.79. The molecule has 1 aliphatic heterocycles. The number of hydrogen-bond donors (Lipinski definition) is 1. The van der Waals surface area contributed by atoms with Crippen LogP contribution in [-0.4, -0.2) is 62.4 Å². The Morgan fingerprint density at radius 3 is 2.42 bits per heavy atom. The molecule has 2 heterocycles. The third-order valence-electron chi connectivity index (χ3n) is 4.01. The van der Waals surface area contributed by atoms with Crippen molar-refractivity contribution in [3.8, 4) is 5.88 Å². The molecule has 0 bridgehead atoms. The summed E-state index contributed by atoms with van der Waals surface area (Å²) in [7, 11) is 0. The SMILES string of the molecule is CC.CCCN(CCC)c1cc(N)nc(OCCN2CCOCC2)c1F. The van der Waals surface area contributed by atoms with Crippen LogP contribution in [0.15, 0.2) is 6.07 Å². The van der Waals surface area contributed by atoms with Gasteiger partial charge in [-0.3, -0.25) is 4.90 Å². The molecule has 1 fully saturated rings. The van der Waals surface area contributed by atoms with Crippen molar-refractivity contribution < 1.29 is 13.9 Å². The van der Waals surface area contributed by atoms with E-state index in [4.69, 9.17) is 15.2 Å². The number of ether oxygens (including phenoxy) is 2. The van der Waals surface area contributed by atoms with Gasteiger partial charge in [0.2, 0.25) is 5.82 Å². The lowest BCUT2D eigenvalue weighted by molar-refractivity contribution is 0.0317. The van der Waals surface area contributed by atoms with Gasteiger partial charge in [-0.05, 0) is 12.8 Å². The first-order chi connectivity index (χ1) is 12.7. The van der Waals surface area contributed by atoms with Gasteiger partial charge in [-0.25, -0.2) is 0 Å². The van der Waals surface area contributed by atoms with Crippen LogP contribution >= 0.6 is 0 Å². The highest BCUT2D eigenvalue weighted by Crippen LogP contribution is 2.28. The third-order valence-corrected chi connectivity index (χ3v) is 4.01. The van der Waals surface area contributed by atoms with E-state index in [9.17, 15) is 4.39 Å². The van der Waals surface area contributed by atoms with Crippen molar-refractivity contribution in [2.24, 2.45) is 0 Å². The number of nitrogen functional groups attached to an aromatic ring is 1. The number of aromatic nitrogens is 1. The number of nitrogens with zero attached hydrogens (tertiary/aromatic N) is 3. The highest BCUT2D eigenvalue weighted by atomic mass is 19.1. The van der Waals surface area contributed by atoms with Gasteiger partial charge < -0.3 is 20.1 Å². The maximum Gasteiger partial charge on any atom is 0.254 e. The minimum atomic E-state index is -0.423. The number of anilines is 2. The van der Waals surface area contributed by atoms with Crippen LogP contribution in [0.3, 0.4) is 0 Å². The average molecular weight is 371 g/mol. The second kappa shape index (κ2) is 12.7. The van der Waals surface area contributed by atoms with E-state index in [2.05, 4.69) is 23.7 Å². The lowest BCUT2D eigenvalue weighted by atomic mass is 10.2. The predicted molar refractivity (Wildman–Crippen MR) is 106 cm³/mol. The summed E-state index contributed by atoms with van der Waals surface area (Å²) in [5.74, 6) is -0.145. The summed E-state index contributed by atoms with van der Waals surface area (Å²) in [6.07, 6.45) is 1.88. The number of pyridine rings is 1. The van der Waals surface area contributed by atoms with Crippen molar-refractivity contribution in [1.29, 1.82) is 0 Å². The molecule has 0 amide bonds. The molecule has 2 N–H and O–H groups in total. The molecule has 0 aromatic carbocycles. The van der Waals surface area contributed by atoms with E-state index in [1.54, 1.807) is 6.07 Å². The molecule has 2 rings (SSSR count). The molecule has 0 spiro atoms. The zero-order valence-electron chi connectivity index (χ0n) is 16.8. The zero-order valence-corrected chi connectivity index (χ0v) is 16.8. The average Bonchev–Trinajstić information content (AvgIpc) is 2.66. The fourth-order valence-corrected chi connectivity index (χ4v) is 2.83. The molecule has 0 aliphatic carbocycles. The molecule has 1 aromatic rings. The first kappa shape index (κ1) is 22.4. The van der Waals surface area contributed by atoms with E-state index in [0.717, 1.165) is 58.8 Å². The van der Waals surface area contributed by atoms with Crippen LogP contribution in [0.1, 0.15) is 40.5 Å². The lowest BCUT2D eigenvalue weighted by Crippen LogP contribution is -2.38. The van der Waals surface area contributed by atoms with Crippen molar-refractivity contribution in [3.05, 3.63) is 11.9 Å². The van der Waals surface area contributed by atoms with Gasteiger partial charge in [0.15, 0.2) is 0 Å². The molecule has 1 saturated heterocycles. The molecule has 0 saturated carbocycles. The van der Waals surface area contributed by atoms with Crippen molar-refractivity contribution >= 4 is 11.5 Å². The van der Waals surface area contributed by atoms with Crippen LogP contribution in [-0.2, 0) is 4.74 Å². The van der Waals surface area contributed by atoms with Crippen LogP contribution in [0.25, 0.3) is 0 Å². The standard InChI is InChI=1S/C17H29FN4O2.C2H6/c1-3-5-22(6-4-2)14-13-15(19)20-17(16(14)18)24-12-9-21-7-10-23-11-8-21;1-2/h13H,3-12H2,1-2H3,(H2,19,20);1-2H3. The van der Waals surface area contributed by atoms with E-state index >= 15 is 0 Å². The normalized spacial score (nSPS) is 14.5. The molecule has 150 valence electrons. The summed E-state index contributed by atoms with van der Waals surface area (Å²) < 4.78 is 25.7. The predicted octanol–water partition coefficient (Wildman–Crippen LogP) is 3.17.